The van der Waals surface area contributed by atoms with Crippen LogP contribution in [0, 0.1) is 0 Å². The normalized spacial score (nSPS) is 9.08. The summed E-state index contributed by atoms with van der Waals surface area (Å²) in [4.78, 5) is 43.1. The molecule has 0 saturated heterocycles. The van der Waals surface area contributed by atoms with Crippen molar-refractivity contribution in [1.29, 1.82) is 0 Å². The average Bonchev–Trinajstić information content (AvgIpc) is 1.12. The van der Waals surface area contributed by atoms with Gasteiger partial charge in [-0.2, -0.15) is 0 Å². The van der Waals surface area contributed by atoms with Crippen molar-refractivity contribution in [1.82, 2.24) is 0 Å². The van der Waals surface area contributed by atoms with E-state index in [0.717, 1.165) is 0 Å². The molecule has 6 N–H and O–H groups in total. The van der Waals surface area contributed by atoms with Gasteiger partial charge < -0.3 is 29.4 Å². The van der Waals surface area contributed by atoms with E-state index in [0.29, 0.717) is 0 Å². The molecule has 0 aliphatic heterocycles. The molecule has 0 aromatic carbocycles. The van der Waals surface area contributed by atoms with Crippen molar-refractivity contribution >= 4 is 152 Å². The van der Waals surface area contributed by atoms with E-state index in [-0.39, 0.29) is 136 Å². The molecule has 8 nitrogen and oxygen atoms in total. The van der Waals surface area contributed by atoms with Crippen LogP contribution < -0.4 is 0 Å². The predicted octanol–water partition coefficient (Wildman–Crippen LogP) is -3.00. The van der Waals surface area contributed by atoms with E-state index >= 15 is 0 Å². The van der Waals surface area contributed by atoms with Crippen LogP contribution in [0.3, 0.4) is 0 Å². The van der Waals surface area contributed by atoms with Crippen LogP contribution in [0.15, 0.2) is 0 Å². The summed E-state index contributed by atoms with van der Waals surface area (Å²) >= 11 is 0. The van der Waals surface area contributed by atoms with Gasteiger partial charge in [0.05, 0.1) is 0 Å². The topological polar surface area (TPSA) is 156 Å². The molecular formula is H6O8P2Sr3. The molecule has 13 heteroatoms. The molecule has 0 spiro atoms. The van der Waals surface area contributed by atoms with E-state index < -0.39 is 15.6 Å². The minimum atomic E-state index is -4.64. The van der Waals surface area contributed by atoms with E-state index in [1.807, 2.05) is 0 Å². The number of phosphoric acid groups is 2. The van der Waals surface area contributed by atoms with Crippen molar-refractivity contribution in [3.8, 4) is 0 Å². The first kappa shape index (κ1) is 30.6. The fraction of sp³-hybridized carbons (Fsp3) is 0. The van der Waals surface area contributed by atoms with E-state index in [1.54, 1.807) is 0 Å². The SMILES string of the molecule is O=P(O)(O)O.O=P(O)(O)O.[Sr].[Sr].[Sr]. The number of hydrogen-bond donors (Lipinski definition) is 6. The summed E-state index contributed by atoms with van der Waals surface area (Å²) in [6.45, 7) is 0. The first-order chi connectivity index (χ1) is 4.00. The Morgan fingerprint density at radius 2 is 0.538 bits per heavy atom. The zero-order valence-electron chi connectivity index (χ0n) is 6.52. The van der Waals surface area contributed by atoms with Crippen LogP contribution in [0.25, 0.3) is 0 Å². The van der Waals surface area contributed by atoms with Crippen molar-refractivity contribution < 1.29 is 38.5 Å². The summed E-state index contributed by atoms with van der Waals surface area (Å²) in [7, 11) is -9.28. The van der Waals surface area contributed by atoms with Gasteiger partial charge in [-0.3, -0.25) is 0 Å². The van der Waals surface area contributed by atoms with Crippen LogP contribution in [0.1, 0.15) is 0 Å². The Hall–Kier alpha value is 4.66. The molecule has 0 atom stereocenters. The molecule has 0 aliphatic rings. The molecule has 0 rings (SSSR count). The summed E-state index contributed by atoms with van der Waals surface area (Å²) in [5.74, 6) is 0. The van der Waals surface area contributed by atoms with Gasteiger partial charge in [0.2, 0.25) is 0 Å². The summed E-state index contributed by atoms with van der Waals surface area (Å²) in [5, 5.41) is 0. The molecule has 0 aliphatic carbocycles. The molecular weight excluding hydrogens is 453 g/mol. The van der Waals surface area contributed by atoms with Gasteiger partial charge in [0, 0.05) is 136 Å². The third-order valence-corrected chi connectivity index (χ3v) is 0. The second-order valence-corrected chi connectivity index (χ2v) is 3.08. The Bertz CT molecular complexity index is 130. The Morgan fingerprint density at radius 3 is 0.538 bits per heavy atom. The van der Waals surface area contributed by atoms with Crippen LogP contribution in [0.2, 0.25) is 0 Å². The predicted molar refractivity (Wildman–Crippen MR) is 45.8 cm³/mol. The first-order valence-electron chi connectivity index (χ1n) is 1.57. The monoisotopic (exact) mass is 460 g/mol. The molecule has 6 radical (unpaired) electrons. The van der Waals surface area contributed by atoms with Gasteiger partial charge in [0.1, 0.15) is 0 Å². The Balaban J connectivity index is -0.0000000267. The minimum absolute atomic E-state index is 0. The van der Waals surface area contributed by atoms with Crippen LogP contribution >= 0.6 is 15.6 Å². The molecule has 0 heterocycles. The van der Waals surface area contributed by atoms with Crippen molar-refractivity contribution in [3.05, 3.63) is 0 Å². The van der Waals surface area contributed by atoms with Crippen molar-refractivity contribution in [2.75, 3.05) is 0 Å². The maximum Gasteiger partial charge on any atom is 0.466 e. The Kier molecular flexibility index (Phi) is 34.6. The van der Waals surface area contributed by atoms with Gasteiger partial charge in [0.15, 0.2) is 0 Å². The molecule has 0 unspecified atom stereocenters. The van der Waals surface area contributed by atoms with E-state index in [9.17, 15) is 0 Å². The van der Waals surface area contributed by atoms with E-state index in [1.165, 1.54) is 0 Å². The average molecular weight is 459 g/mol. The zero-order valence-corrected chi connectivity index (χ0v) is 18.7. The smallest absolute Gasteiger partial charge is 0.303 e. The standard InChI is InChI=1S/2H3O4P.3Sr/c2*1-5(2,3)4;;;/h2*(H3,1,2,3,4);;;. The van der Waals surface area contributed by atoms with Crippen LogP contribution in [-0.2, 0) is 9.13 Å². The third kappa shape index (κ3) is 165. The van der Waals surface area contributed by atoms with Gasteiger partial charge in [0.25, 0.3) is 0 Å². The molecule has 70 valence electrons. The quantitative estimate of drug-likeness (QED) is 0.166. The van der Waals surface area contributed by atoms with Crippen LogP contribution in [0.4, 0.5) is 0 Å². The molecule has 0 aromatic rings. The maximum absolute atomic E-state index is 8.88. The summed E-state index contributed by atoms with van der Waals surface area (Å²) < 4.78 is 17.8. The minimum Gasteiger partial charge on any atom is -0.303 e. The molecule has 0 fully saturated rings. The second kappa shape index (κ2) is 14.7. The molecule has 0 bridgehead atoms. The number of hydrogen-bond acceptors (Lipinski definition) is 2. The van der Waals surface area contributed by atoms with Crippen LogP contribution in [-0.4, -0.2) is 166 Å². The van der Waals surface area contributed by atoms with Crippen molar-refractivity contribution in [2.45, 2.75) is 0 Å². The van der Waals surface area contributed by atoms with Gasteiger partial charge >= 0.3 is 15.6 Å². The van der Waals surface area contributed by atoms with Gasteiger partial charge in [-0.15, -0.1) is 0 Å². The zero-order chi connectivity index (χ0) is 9.00. The Morgan fingerprint density at radius 1 is 0.538 bits per heavy atom. The number of rotatable bonds is 0. The fourth-order valence-corrected chi connectivity index (χ4v) is 0. The molecule has 0 aromatic heterocycles. The van der Waals surface area contributed by atoms with Crippen molar-refractivity contribution in [2.24, 2.45) is 0 Å². The largest absolute Gasteiger partial charge is 0.466 e. The van der Waals surface area contributed by atoms with Crippen LogP contribution in [0.5, 0.6) is 0 Å². The molecule has 13 heavy (non-hydrogen) atoms. The summed E-state index contributed by atoms with van der Waals surface area (Å²) in [5.41, 5.74) is 0. The van der Waals surface area contributed by atoms with Gasteiger partial charge in [-0.25, -0.2) is 9.13 Å². The molecule has 0 saturated carbocycles. The fourth-order valence-electron chi connectivity index (χ4n) is 0. The first-order valence-corrected chi connectivity index (χ1v) is 4.70. The summed E-state index contributed by atoms with van der Waals surface area (Å²) in [6, 6.07) is 0. The van der Waals surface area contributed by atoms with E-state index in [2.05, 4.69) is 0 Å². The second-order valence-electron chi connectivity index (χ2n) is 1.03. The van der Waals surface area contributed by atoms with Gasteiger partial charge in [-0.1, -0.05) is 0 Å². The molecule has 0 amide bonds. The van der Waals surface area contributed by atoms with Crippen molar-refractivity contribution in [3.63, 3.8) is 0 Å². The maximum atomic E-state index is 8.88. The van der Waals surface area contributed by atoms with E-state index in [4.69, 9.17) is 38.5 Å². The summed E-state index contributed by atoms with van der Waals surface area (Å²) in [6.07, 6.45) is 0. The third-order valence-electron chi connectivity index (χ3n) is 0. The Labute approximate surface area is 185 Å². The van der Waals surface area contributed by atoms with Gasteiger partial charge in [-0.05, 0) is 0 Å².